The molecule has 0 saturated carbocycles. The Balaban J connectivity index is 0.000000193. The highest BCUT2D eigenvalue weighted by molar-refractivity contribution is 5.98. The van der Waals surface area contributed by atoms with E-state index >= 15 is 17.6 Å². The summed E-state index contributed by atoms with van der Waals surface area (Å²) >= 11 is 0. The Kier molecular flexibility index (Phi) is 18.2. The summed E-state index contributed by atoms with van der Waals surface area (Å²) in [5, 5.41) is 31.8. The number of aromatic nitrogens is 6. The smallest absolute Gasteiger partial charge is 0.337 e. The van der Waals surface area contributed by atoms with Crippen molar-refractivity contribution in [1.82, 2.24) is 29.1 Å². The first-order valence-corrected chi connectivity index (χ1v) is 26.8. The molecular weight excluding hydrogens is 1140 g/mol. The number of hydrogen-bond donors (Lipinski definition) is 2. The fourth-order valence-electron chi connectivity index (χ4n) is 9.22. The highest BCUT2D eigenvalue weighted by atomic mass is 19.1. The van der Waals surface area contributed by atoms with Crippen LogP contribution in [0.3, 0.4) is 0 Å². The summed E-state index contributed by atoms with van der Waals surface area (Å²) in [5.41, 5.74) is 2.94. The molecule has 9 aromatic rings. The number of esters is 2. The monoisotopic (exact) mass is 1190 g/mol. The van der Waals surface area contributed by atoms with E-state index in [2.05, 4.69) is 25.8 Å². The third kappa shape index (κ3) is 14.0. The quantitative estimate of drug-likeness (QED) is 0.0534. The number of rotatable bonds is 20. The topological polar surface area (TPSA) is 232 Å². The number of nitrogens with one attached hydrogen (secondary N) is 2. The number of halogens is 6. The lowest BCUT2D eigenvalue weighted by molar-refractivity contribution is -0.115. The third-order valence-electron chi connectivity index (χ3n) is 14.1. The van der Waals surface area contributed by atoms with Gasteiger partial charge in [0, 0.05) is 79.5 Å². The van der Waals surface area contributed by atoms with E-state index in [4.69, 9.17) is 38.9 Å². The van der Waals surface area contributed by atoms with Crippen LogP contribution in [0.2, 0.25) is 0 Å². The normalized spacial score (nSPS) is 14.1. The fraction of sp³-hybridized carbons (Fsp3) is 0.226. The number of nitriles is 2. The summed E-state index contributed by atoms with van der Waals surface area (Å²) in [4.78, 5) is 41.6. The van der Waals surface area contributed by atoms with Gasteiger partial charge < -0.3 is 43.6 Å². The van der Waals surface area contributed by atoms with Gasteiger partial charge in [-0.05, 0) is 91.2 Å². The van der Waals surface area contributed by atoms with Gasteiger partial charge in [0.05, 0.1) is 96.2 Å². The van der Waals surface area contributed by atoms with Gasteiger partial charge in [-0.3, -0.25) is 4.79 Å². The van der Waals surface area contributed by atoms with Crippen LogP contribution in [0, 0.1) is 57.6 Å². The lowest BCUT2D eigenvalue weighted by atomic mass is 10.1. The summed E-state index contributed by atoms with van der Waals surface area (Å²) in [6.07, 6.45) is 3.93. The number of imidazole rings is 1. The SMILES string of the molecule is COC(=O)c1ccc(NC(=O)Cc2cc(F)c(-n3ccc(OCc4ccc(C#N)cc4F)n3)cc2F)c(NC[C@@H]2CCO2)c1.COC(=O)c1ccc2nc(Cc3cc(F)c(-n4ccc(OCc5ccc(C#N)cc5F)n4)cc3F)n(C[C@@H]3CCO3)c2c1. The van der Waals surface area contributed by atoms with Gasteiger partial charge in [0.2, 0.25) is 17.7 Å². The summed E-state index contributed by atoms with van der Waals surface area (Å²) in [5.74, 6) is -5.35. The van der Waals surface area contributed by atoms with Crippen LogP contribution in [0.5, 0.6) is 11.8 Å². The van der Waals surface area contributed by atoms with Crippen LogP contribution in [-0.2, 0) is 56.3 Å². The first kappa shape index (κ1) is 59.7. The number of ether oxygens (including phenoxy) is 6. The maximum Gasteiger partial charge on any atom is 0.337 e. The van der Waals surface area contributed by atoms with E-state index < -0.39 is 59.2 Å². The number of amides is 1. The molecule has 2 aliphatic heterocycles. The van der Waals surface area contributed by atoms with Gasteiger partial charge in [0.1, 0.15) is 65.3 Å². The largest absolute Gasteiger partial charge is 0.472 e. The van der Waals surface area contributed by atoms with Gasteiger partial charge in [-0.15, -0.1) is 10.2 Å². The van der Waals surface area contributed by atoms with E-state index in [1.165, 1.54) is 81.2 Å². The lowest BCUT2D eigenvalue weighted by Gasteiger charge is -2.27. The average molecular weight is 1190 g/mol. The van der Waals surface area contributed by atoms with Crippen molar-refractivity contribution >= 4 is 40.3 Å². The molecule has 0 aliphatic carbocycles. The van der Waals surface area contributed by atoms with Gasteiger partial charge in [0.25, 0.3) is 0 Å². The molecular formula is C62H50F6N10O9. The van der Waals surface area contributed by atoms with E-state index in [9.17, 15) is 23.2 Å². The molecule has 6 aromatic carbocycles. The Morgan fingerprint density at radius 1 is 0.609 bits per heavy atom. The molecule has 2 aliphatic rings. The van der Waals surface area contributed by atoms with Gasteiger partial charge in [0.15, 0.2) is 0 Å². The molecule has 0 radical (unpaired) electrons. The van der Waals surface area contributed by atoms with Crippen LogP contribution in [0.25, 0.3) is 22.4 Å². The van der Waals surface area contributed by atoms with Crippen LogP contribution < -0.4 is 20.1 Å². The Bertz CT molecular complexity index is 4170. The zero-order valence-electron chi connectivity index (χ0n) is 46.3. The van der Waals surface area contributed by atoms with E-state index in [0.29, 0.717) is 60.1 Å². The Labute approximate surface area is 491 Å². The maximum absolute atomic E-state index is 15.4. The van der Waals surface area contributed by atoms with E-state index in [-0.39, 0.29) is 93.9 Å². The van der Waals surface area contributed by atoms with E-state index in [1.54, 1.807) is 18.2 Å². The zero-order chi connectivity index (χ0) is 61.3. The van der Waals surface area contributed by atoms with Crippen LogP contribution in [0.1, 0.15) is 72.8 Å². The molecule has 3 aromatic heterocycles. The van der Waals surface area contributed by atoms with Gasteiger partial charge in [-0.2, -0.15) is 10.5 Å². The Morgan fingerprint density at radius 2 is 1.14 bits per heavy atom. The number of methoxy groups -OCH3 is 2. The van der Waals surface area contributed by atoms with Crippen molar-refractivity contribution in [2.45, 2.75) is 57.6 Å². The molecule has 2 fully saturated rings. The molecule has 444 valence electrons. The lowest BCUT2D eigenvalue weighted by Crippen LogP contribution is -2.33. The van der Waals surface area contributed by atoms with Crippen LogP contribution in [0.4, 0.5) is 37.7 Å². The summed E-state index contributed by atoms with van der Waals surface area (Å²) in [7, 11) is 2.56. The van der Waals surface area contributed by atoms with Crippen molar-refractivity contribution in [3.63, 3.8) is 0 Å². The number of carbonyl (C=O) groups is 3. The molecule has 0 unspecified atom stereocenters. The van der Waals surface area contributed by atoms with Gasteiger partial charge in [-0.1, -0.05) is 12.1 Å². The highest BCUT2D eigenvalue weighted by Crippen LogP contribution is 2.30. The molecule has 2 saturated heterocycles. The maximum atomic E-state index is 15.4. The van der Waals surface area contributed by atoms with Gasteiger partial charge >= 0.3 is 11.9 Å². The molecule has 11 rings (SSSR count). The molecule has 2 atom stereocenters. The number of nitrogens with zero attached hydrogens (tertiary/aromatic N) is 8. The molecule has 0 bridgehead atoms. The summed E-state index contributed by atoms with van der Waals surface area (Å²) in [6, 6.07) is 27.9. The minimum Gasteiger partial charge on any atom is -0.472 e. The van der Waals surface area contributed by atoms with Crippen molar-refractivity contribution in [3.8, 4) is 35.3 Å². The highest BCUT2D eigenvalue weighted by Gasteiger charge is 2.25. The third-order valence-corrected chi connectivity index (χ3v) is 14.1. The van der Waals surface area contributed by atoms with E-state index in [0.717, 1.165) is 58.6 Å². The second-order valence-corrected chi connectivity index (χ2v) is 19.8. The number of hydrogen-bond acceptors (Lipinski definition) is 15. The molecule has 5 heterocycles. The van der Waals surface area contributed by atoms with Crippen LogP contribution in [0.15, 0.2) is 122 Å². The first-order chi connectivity index (χ1) is 42.1. The second kappa shape index (κ2) is 26.6. The predicted octanol–water partition coefficient (Wildman–Crippen LogP) is 10.2. The molecule has 25 heteroatoms. The minimum atomic E-state index is -0.840. The molecule has 87 heavy (non-hydrogen) atoms. The van der Waals surface area contributed by atoms with Crippen molar-refractivity contribution < 1.29 is 69.1 Å². The molecule has 0 spiro atoms. The van der Waals surface area contributed by atoms with Gasteiger partial charge in [-0.25, -0.2) is 50.3 Å². The second-order valence-electron chi connectivity index (χ2n) is 19.8. The number of carbonyl (C=O) groups excluding carboxylic acids is 3. The van der Waals surface area contributed by atoms with E-state index in [1.807, 2.05) is 16.7 Å². The summed E-state index contributed by atoms with van der Waals surface area (Å²) in [6.45, 7) is 1.83. The van der Waals surface area contributed by atoms with Crippen molar-refractivity contribution in [2.75, 3.05) is 44.6 Å². The minimum absolute atomic E-state index is 0.00102. The first-order valence-electron chi connectivity index (χ1n) is 26.8. The number of anilines is 2. The summed E-state index contributed by atoms with van der Waals surface area (Å²) < 4.78 is 125. The Hall–Kier alpha value is -10.5. The molecule has 1 amide bonds. The number of fused-ring (bicyclic) bond motifs is 1. The van der Waals surface area contributed by atoms with Crippen molar-refractivity contribution in [1.29, 1.82) is 10.5 Å². The fourth-order valence-corrected chi connectivity index (χ4v) is 9.22. The van der Waals surface area contributed by atoms with Crippen LogP contribution in [-0.4, -0.2) is 93.1 Å². The zero-order valence-corrected chi connectivity index (χ0v) is 46.3. The Morgan fingerprint density at radius 3 is 1.67 bits per heavy atom. The molecule has 2 N–H and O–H groups in total. The number of benzene rings is 6. The van der Waals surface area contributed by atoms with Crippen LogP contribution >= 0.6 is 0 Å². The standard InChI is InChI=1S/C31H26F3N5O5.C31H24F3N5O4/c1-42-31(41)19-4-5-26(27(12-19)36-16-22-7-9-43-22)37-29(40)13-21-11-25(34)28(14-24(21)33)39-8-6-30(38-39)44-17-20-3-2-18(15-35)10-23(20)32;1-41-31(40)19-4-5-26-28(12-19)38(16-22-7-9-42-22)29(36-26)13-21-11-25(34)27(14-24(21)33)39-8-6-30(37-39)43-17-20-3-2-18(15-35)10-23(20)32/h2-6,8,10-12,14,22,36H,7,9,13,16-17H2,1H3,(H,37,40);2-6,8,10-12,14,22H,7,9,13,16-17H2,1H3/t2*22-/m00/s1. The molecule has 19 nitrogen and oxygen atoms in total. The predicted molar refractivity (Wildman–Crippen MR) is 299 cm³/mol. The average Bonchev–Trinajstić information content (AvgIpc) is 2.01. The van der Waals surface area contributed by atoms with Crippen molar-refractivity contribution in [2.24, 2.45) is 0 Å². The van der Waals surface area contributed by atoms with Crippen molar-refractivity contribution in [3.05, 3.63) is 207 Å².